The normalized spacial score (nSPS) is 13.6. The molecule has 0 saturated carbocycles. The highest BCUT2D eigenvalue weighted by Crippen LogP contribution is 2.40. The Hall–Kier alpha value is -4.58. The van der Waals surface area contributed by atoms with Gasteiger partial charge in [-0.2, -0.15) is 8.78 Å². The van der Waals surface area contributed by atoms with E-state index in [1.807, 2.05) is 12.1 Å². The van der Waals surface area contributed by atoms with Gasteiger partial charge in [-0.3, -0.25) is 4.79 Å². The van der Waals surface area contributed by atoms with Gasteiger partial charge >= 0.3 is 6.61 Å². The molecule has 1 fully saturated rings. The second-order valence-corrected chi connectivity index (χ2v) is 10.4. The first-order chi connectivity index (χ1) is 21.3. The second kappa shape index (κ2) is 15.2. The molecule has 3 aromatic rings. The smallest absolute Gasteiger partial charge is 0.387 e. The molecule has 0 unspecified atom stereocenters. The van der Waals surface area contributed by atoms with E-state index >= 15 is 0 Å². The Labute approximate surface area is 257 Å². The van der Waals surface area contributed by atoms with Gasteiger partial charge in [0.15, 0.2) is 5.75 Å². The van der Waals surface area contributed by atoms with Crippen LogP contribution in [0.1, 0.15) is 38.7 Å². The molecule has 4 rings (SSSR count). The molecular weight excluding hydrogens is 566 g/mol. The summed E-state index contributed by atoms with van der Waals surface area (Å²) < 4.78 is 32.3. The summed E-state index contributed by atoms with van der Waals surface area (Å²) in [4.78, 5) is 25.7. The Bertz CT molecular complexity index is 1460. The highest BCUT2D eigenvalue weighted by atomic mass is 19.3. The van der Waals surface area contributed by atoms with Gasteiger partial charge in [-0.05, 0) is 50.6 Å². The van der Waals surface area contributed by atoms with Gasteiger partial charge in [-0.25, -0.2) is 9.97 Å². The lowest BCUT2D eigenvalue weighted by molar-refractivity contribution is -0.111. The van der Waals surface area contributed by atoms with Crippen molar-refractivity contribution >= 4 is 40.7 Å². The van der Waals surface area contributed by atoms with E-state index in [-0.39, 0.29) is 11.4 Å². The minimum absolute atomic E-state index is 0.0807. The van der Waals surface area contributed by atoms with E-state index in [2.05, 4.69) is 56.1 Å². The van der Waals surface area contributed by atoms with Crippen molar-refractivity contribution in [1.29, 1.82) is 5.41 Å². The Kier molecular flexibility index (Phi) is 11.2. The number of amides is 1. The van der Waals surface area contributed by atoms with Crippen molar-refractivity contribution in [2.75, 3.05) is 54.1 Å². The minimum Gasteiger partial charge on any atom is -0.433 e. The van der Waals surface area contributed by atoms with Gasteiger partial charge < -0.3 is 35.9 Å². The molecule has 1 aliphatic heterocycles. The summed E-state index contributed by atoms with van der Waals surface area (Å²) >= 11 is 0. The molecule has 0 atom stereocenters. The monoisotopic (exact) mass is 606 g/mol. The van der Waals surface area contributed by atoms with Crippen LogP contribution < -0.4 is 25.6 Å². The largest absolute Gasteiger partial charge is 0.433 e. The van der Waals surface area contributed by atoms with Crippen LogP contribution in [0.15, 0.2) is 55.4 Å². The van der Waals surface area contributed by atoms with Crippen LogP contribution in [0.3, 0.4) is 0 Å². The number of nitrogens with one attached hydrogen (secondary N) is 4. The van der Waals surface area contributed by atoms with Crippen molar-refractivity contribution in [2.24, 2.45) is 0 Å². The zero-order valence-corrected chi connectivity index (χ0v) is 25.4. The number of piperidine rings is 1. The van der Waals surface area contributed by atoms with Crippen molar-refractivity contribution in [3.8, 4) is 17.0 Å². The number of carbonyl (C=O) groups excluding carboxylic acids is 1. The number of halogens is 2. The number of aromatic nitrogens is 2. The molecule has 0 radical (unpaired) electrons. The van der Waals surface area contributed by atoms with E-state index in [0.717, 1.165) is 55.2 Å². The molecule has 234 valence electrons. The number of hydrogen-bond acceptors (Lipinski definition) is 9. The lowest BCUT2D eigenvalue weighted by Gasteiger charge is -2.39. The molecule has 0 bridgehead atoms. The van der Waals surface area contributed by atoms with Crippen LogP contribution in [0.2, 0.25) is 0 Å². The van der Waals surface area contributed by atoms with Gasteiger partial charge in [-0.15, -0.1) is 0 Å². The van der Waals surface area contributed by atoms with E-state index in [1.165, 1.54) is 18.6 Å². The Morgan fingerprint density at radius 3 is 2.57 bits per heavy atom. The Morgan fingerprint density at radius 1 is 1.16 bits per heavy atom. The average molecular weight is 607 g/mol. The van der Waals surface area contributed by atoms with Gasteiger partial charge in [0.05, 0.1) is 22.8 Å². The fraction of sp³-hybridized carbons (Fsp3) is 0.375. The van der Waals surface area contributed by atoms with E-state index in [4.69, 9.17) is 10.1 Å². The van der Waals surface area contributed by atoms with Crippen LogP contribution in [0.5, 0.6) is 5.75 Å². The molecule has 1 saturated heterocycles. The van der Waals surface area contributed by atoms with Gasteiger partial charge in [0, 0.05) is 61.3 Å². The van der Waals surface area contributed by atoms with Crippen molar-refractivity contribution in [2.45, 2.75) is 45.8 Å². The summed E-state index contributed by atoms with van der Waals surface area (Å²) in [5.74, 6) is -0.169. The SMILES string of the molecule is C=CC(=O)Nc1cc(Nc2cc(-c3ccc(C=N)c(NC)c3)ncn2)c(OC(F)F)cc1N1CCC(N(CC)CCC)CC1. The fourth-order valence-corrected chi connectivity index (χ4v) is 5.54. The lowest BCUT2D eigenvalue weighted by Crippen LogP contribution is -2.45. The van der Waals surface area contributed by atoms with Crippen molar-refractivity contribution < 1.29 is 18.3 Å². The summed E-state index contributed by atoms with van der Waals surface area (Å²) in [5, 5.41) is 16.6. The first-order valence-corrected chi connectivity index (χ1v) is 14.8. The molecule has 44 heavy (non-hydrogen) atoms. The molecule has 1 aromatic heterocycles. The van der Waals surface area contributed by atoms with Gasteiger partial charge in [0.1, 0.15) is 12.1 Å². The van der Waals surface area contributed by atoms with E-state index < -0.39 is 12.5 Å². The fourth-order valence-electron chi connectivity index (χ4n) is 5.54. The molecule has 0 spiro atoms. The number of rotatable bonds is 14. The Balaban J connectivity index is 1.68. The number of anilines is 5. The number of hydrogen-bond donors (Lipinski definition) is 4. The van der Waals surface area contributed by atoms with Gasteiger partial charge in [0.2, 0.25) is 5.91 Å². The molecule has 1 aliphatic rings. The quantitative estimate of drug-likeness (QED) is 0.124. The summed E-state index contributed by atoms with van der Waals surface area (Å²) in [5.41, 5.74) is 4.06. The third-order valence-corrected chi connectivity index (χ3v) is 7.70. The topological polar surface area (TPSA) is 118 Å². The number of nitrogens with zero attached hydrogens (tertiary/aromatic N) is 4. The molecule has 2 heterocycles. The summed E-state index contributed by atoms with van der Waals surface area (Å²) in [6.45, 7) is 8.23. The standard InChI is InChI=1S/C32H40F2N8O2/c1-5-12-41(7-3)23-10-13-42(14-11-23)28-18-29(44-32(33)34)27(16-26(28)40-31(43)6-2)39-30-17-25(37-20-38-30)21-8-9-22(19-35)24(15-21)36-4/h6,8-9,15-20,23,32,35-36H,2,5,7,10-14H2,1,3-4H3,(H,40,43)(H,37,38,39). The molecule has 2 aromatic carbocycles. The third-order valence-electron chi connectivity index (χ3n) is 7.70. The highest BCUT2D eigenvalue weighted by Gasteiger charge is 2.26. The molecular formula is C32H40F2N8O2. The van der Waals surface area contributed by atoms with Gasteiger partial charge in [0.25, 0.3) is 0 Å². The predicted octanol–water partition coefficient (Wildman–Crippen LogP) is 6.35. The van der Waals surface area contributed by atoms with Crippen molar-refractivity contribution in [3.05, 3.63) is 60.9 Å². The third kappa shape index (κ3) is 7.87. The maximum Gasteiger partial charge on any atom is 0.387 e. The number of alkyl halides is 2. The van der Waals surface area contributed by atoms with Crippen LogP contribution in [0, 0.1) is 5.41 Å². The number of ether oxygens (including phenoxy) is 1. The number of benzene rings is 2. The zero-order valence-electron chi connectivity index (χ0n) is 25.4. The van der Waals surface area contributed by atoms with Crippen LogP contribution in [0.25, 0.3) is 11.3 Å². The molecule has 4 N–H and O–H groups in total. The van der Waals surface area contributed by atoms with Crippen molar-refractivity contribution in [3.63, 3.8) is 0 Å². The van der Waals surface area contributed by atoms with Crippen LogP contribution in [0.4, 0.5) is 37.3 Å². The summed E-state index contributed by atoms with van der Waals surface area (Å²) in [7, 11) is 1.77. The predicted molar refractivity (Wildman–Crippen MR) is 173 cm³/mol. The Morgan fingerprint density at radius 2 is 1.93 bits per heavy atom. The summed E-state index contributed by atoms with van der Waals surface area (Å²) in [6, 6.07) is 10.7. The maximum atomic E-state index is 13.6. The average Bonchev–Trinajstić information content (AvgIpc) is 3.04. The first-order valence-electron chi connectivity index (χ1n) is 14.8. The molecule has 1 amide bonds. The molecule has 12 heteroatoms. The second-order valence-electron chi connectivity index (χ2n) is 10.4. The molecule has 10 nitrogen and oxygen atoms in total. The maximum absolute atomic E-state index is 13.6. The van der Waals surface area contributed by atoms with Crippen LogP contribution in [-0.4, -0.2) is 72.9 Å². The number of carbonyl (C=O) groups is 1. The van der Waals surface area contributed by atoms with Crippen molar-refractivity contribution in [1.82, 2.24) is 14.9 Å². The summed E-state index contributed by atoms with van der Waals surface area (Å²) in [6.07, 6.45) is 6.69. The van der Waals surface area contributed by atoms with E-state index in [1.54, 1.807) is 25.2 Å². The lowest BCUT2D eigenvalue weighted by atomic mass is 10.0. The minimum atomic E-state index is -3.07. The zero-order chi connectivity index (χ0) is 31.6. The molecule has 0 aliphatic carbocycles. The van der Waals surface area contributed by atoms with Crippen LogP contribution >= 0.6 is 0 Å². The van der Waals surface area contributed by atoms with Crippen LogP contribution in [-0.2, 0) is 4.79 Å². The highest BCUT2D eigenvalue weighted by molar-refractivity contribution is 6.02. The van der Waals surface area contributed by atoms with E-state index in [0.29, 0.717) is 42.0 Å². The first kappa shape index (κ1) is 32.3. The van der Waals surface area contributed by atoms with Gasteiger partial charge in [-0.1, -0.05) is 32.6 Å². The van der Waals surface area contributed by atoms with E-state index in [9.17, 15) is 13.6 Å².